The summed E-state index contributed by atoms with van der Waals surface area (Å²) in [4.78, 5) is 12.3. The molecule has 0 bridgehead atoms. The number of nitrogens with one attached hydrogen (secondary N) is 1. The van der Waals surface area contributed by atoms with Crippen molar-refractivity contribution in [3.8, 4) is 0 Å². The van der Waals surface area contributed by atoms with Gasteiger partial charge in [0.05, 0.1) is 14.9 Å². The number of furan rings is 1. The Labute approximate surface area is 106 Å². The van der Waals surface area contributed by atoms with Gasteiger partial charge in [0, 0.05) is 13.0 Å². The third-order valence-electron chi connectivity index (χ3n) is 2.03. The molecule has 1 N–H and O–H groups in total. The Kier molecular flexibility index (Phi) is 3.79. The predicted molar refractivity (Wildman–Crippen MR) is 66.8 cm³/mol. The number of hydrogen-bond acceptors (Lipinski definition) is 3. The highest BCUT2D eigenvalue weighted by Crippen LogP contribution is 2.21. The molecule has 1 amide bonds. The summed E-state index contributed by atoms with van der Waals surface area (Å²) in [5, 5.41) is 2.84. The van der Waals surface area contributed by atoms with E-state index in [1.807, 2.05) is 18.2 Å². The van der Waals surface area contributed by atoms with Gasteiger partial charge in [-0.25, -0.2) is 0 Å². The quantitative estimate of drug-likeness (QED) is 0.943. The van der Waals surface area contributed by atoms with Crippen LogP contribution in [-0.4, -0.2) is 12.5 Å². The van der Waals surface area contributed by atoms with E-state index in [0.29, 0.717) is 17.8 Å². The van der Waals surface area contributed by atoms with E-state index >= 15 is 0 Å². The van der Waals surface area contributed by atoms with Crippen LogP contribution >= 0.6 is 27.3 Å². The second kappa shape index (κ2) is 5.32. The zero-order valence-electron chi connectivity index (χ0n) is 8.40. The van der Waals surface area contributed by atoms with Crippen LogP contribution in [0.4, 0.5) is 0 Å². The minimum Gasteiger partial charge on any atom is -0.469 e. The smallest absolute Gasteiger partial charge is 0.261 e. The summed E-state index contributed by atoms with van der Waals surface area (Å²) >= 11 is 4.75. The van der Waals surface area contributed by atoms with Gasteiger partial charge >= 0.3 is 0 Å². The first-order valence-electron chi connectivity index (χ1n) is 4.81. The molecular weight excluding hydrogens is 290 g/mol. The summed E-state index contributed by atoms with van der Waals surface area (Å²) in [6.07, 6.45) is 2.35. The Morgan fingerprint density at radius 1 is 1.44 bits per heavy atom. The molecule has 0 saturated heterocycles. The van der Waals surface area contributed by atoms with E-state index in [-0.39, 0.29) is 5.91 Å². The molecule has 0 atom stereocenters. The molecule has 0 unspecified atom stereocenters. The number of halogens is 1. The van der Waals surface area contributed by atoms with Crippen molar-refractivity contribution in [1.29, 1.82) is 0 Å². The van der Waals surface area contributed by atoms with E-state index in [1.54, 1.807) is 12.3 Å². The predicted octanol–water partition coefficient (Wildman–Crippen LogP) is 3.08. The molecule has 0 aliphatic heterocycles. The van der Waals surface area contributed by atoms with Crippen molar-refractivity contribution >= 4 is 33.2 Å². The molecule has 0 aromatic carbocycles. The maximum Gasteiger partial charge on any atom is 0.261 e. The van der Waals surface area contributed by atoms with Crippen LogP contribution < -0.4 is 5.32 Å². The van der Waals surface area contributed by atoms with E-state index < -0.39 is 0 Å². The third-order valence-corrected chi connectivity index (χ3v) is 3.66. The molecule has 5 heteroatoms. The fraction of sp³-hybridized carbons (Fsp3) is 0.182. The van der Waals surface area contributed by atoms with Crippen molar-refractivity contribution in [2.75, 3.05) is 6.54 Å². The monoisotopic (exact) mass is 299 g/mol. The van der Waals surface area contributed by atoms with Crippen LogP contribution in [-0.2, 0) is 6.42 Å². The van der Waals surface area contributed by atoms with Crippen LogP contribution in [0.3, 0.4) is 0 Å². The molecule has 2 aromatic rings. The first-order valence-corrected chi connectivity index (χ1v) is 6.42. The van der Waals surface area contributed by atoms with Gasteiger partial charge in [-0.05, 0) is 40.2 Å². The van der Waals surface area contributed by atoms with Gasteiger partial charge in [0.1, 0.15) is 5.76 Å². The van der Waals surface area contributed by atoms with Crippen molar-refractivity contribution in [3.63, 3.8) is 0 Å². The van der Waals surface area contributed by atoms with Gasteiger partial charge < -0.3 is 9.73 Å². The molecule has 0 aliphatic carbocycles. The molecule has 0 aliphatic rings. The van der Waals surface area contributed by atoms with Crippen LogP contribution in [0.2, 0.25) is 0 Å². The summed E-state index contributed by atoms with van der Waals surface area (Å²) in [6, 6.07) is 7.41. The number of carbonyl (C=O) groups is 1. The fourth-order valence-corrected chi connectivity index (χ4v) is 2.58. The lowest BCUT2D eigenvalue weighted by Crippen LogP contribution is -2.24. The maximum absolute atomic E-state index is 11.6. The highest BCUT2D eigenvalue weighted by atomic mass is 79.9. The second-order valence-electron chi connectivity index (χ2n) is 3.19. The average Bonchev–Trinajstić information content (AvgIpc) is 2.89. The Bertz CT molecular complexity index is 464. The van der Waals surface area contributed by atoms with Crippen molar-refractivity contribution in [2.45, 2.75) is 6.42 Å². The van der Waals surface area contributed by atoms with Gasteiger partial charge in [-0.15, -0.1) is 11.3 Å². The highest BCUT2D eigenvalue weighted by Gasteiger charge is 2.07. The molecule has 0 saturated carbocycles. The Hall–Kier alpha value is -1.07. The lowest BCUT2D eigenvalue weighted by molar-refractivity contribution is 0.0958. The number of hydrogen-bond donors (Lipinski definition) is 1. The molecule has 16 heavy (non-hydrogen) atoms. The topological polar surface area (TPSA) is 42.2 Å². The van der Waals surface area contributed by atoms with Crippen LogP contribution in [0.1, 0.15) is 15.4 Å². The molecule has 0 spiro atoms. The summed E-state index contributed by atoms with van der Waals surface area (Å²) in [5.74, 6) is 0.843. The van der Waals surface area contributed by atoms with Gasteiger partial charge in [-0.3, -0.25) is 4.79 Å². The lowest BCUT2D eigenvalue weighted by Gasteiger charge is -2.01. The van der Waals surface area contributed by atoms with Crippen molar-refractivity contribution in [2.24, 2.45) is 0 Å². The van der Waals surface area contributed by atoms with Crippen LogP contribution in [0.25, 0.3) is 0 Å². The van der Waals surface area contributed by atoms with E-state index in [1.165, 1.54) is 11.3 Å². The van der Waals surface area contributed by atoms with E-state index in [0.717, 1.165) is 9.55 Å². The molecule has 2 aromatic heterocycles. The standard InChI is InChI=1S/C11H10BrNO2S/c12-10-4-3-9(16-10)11(14)13-6-5-8-2-1-7-15-8/h1-4,7H,5-6H2,(H,13,14). The Morgan fingerprint density at radius 2 is 2.31 bits per heavy atom. The SMILES string of the molecule is O=C(NCCc1ccco1)c1ccc(Br)s1. The first-order chi connectivity index (χ1) is 7.75. The largest absolute Gasteiger partial charge is 0.469 e. The summed E-state index contributed by atoms with van der Waals surface area (Å²) < 4.78 is 6.13. The molecule has 2 rings (SSSR count). The minimum atomic E-state index is -0.0396. The van der Waals surface area contributed by atoms with Gasteiger partial charge in [-0.2, -0.15) is 0 Å². The first kappa shape index (κ1) is 11.4. The van der Waals surface area contributed by atoms with Gasteiger partial charge in [0.2, 0.25) is 0 Å². The van der Waals surface area contributed by atoms with Gasteiger partial charge in [0.15, 0.2) is 0 Å². The summed E-state index contributed by atoms with van der Waals surface area (Å²) in [5.41, 5.74) is 0. The van der Waals surface area contributed by atoms with Gasteiger partial charge in [-0.1, -0.05) is 0 Å². The Morgan fingerprint density at radius 3 is 2.94 bits per heavy atom. The van der Waals surface area contributed by atoms with E-state index in [9.17, 15) is 4.79 Å². The zero-order chi connectivity index (χ0) is 11.4. The minimum absolute atomic E-state index is 0.0396. The molecular formula is C11H10BrNO2S. The van der Waals surface area contributed by atoms with Crippen LogP contribution in [0, 0.1) is 0 Å². The summed E-state index contributed by atoms with van der Waals surface area (Å²) in [6.45, 7) is 0.585. The molecule has 0 radical (unpaired) electrons. The maximum atomic E-state index is 11.6. The van der Waals surface area contributed by atoms with Crippen LogP contribution in [0.5, 0.6) is 0 Å². The van der Waals surface area contributed by atoms with Crippen molar-refractivity contribution in [3.05, 3.63) is 45.0 Å². The number of rotatable bonds is 4. The zero-order valence-corrected chi connectivity index (χ0v) is 10.8. The number of thiophene rings is 1. The number of amides is 1. The Balaban J connectivity index is 1.80. The highest BCUT2D eigenvalue weighted by molar-refractivity contribution is 9.11. The second-order valence-corrected chi connectivity index (χ2v) is 5.65. The normalized spacial score (nSPS) is 10.3. The number of carbonyl (C=O) groups excluding carboxylic acids is 1. The molecule has 3 nitrogen and oxygen atoms in total. The molecule has 0 fully saturated rings. The van der Waals surface area contributed by atoms with E-state index in [2.05, 4.69) is 21.2 Å². The van der Waals surface area contributed by atoms with E-state index in [4.69, 9.17) is 4.42 Å². The van der Waals surface area contributed by atoms with Crippen molar-refractivity contribution < 1.29 is 9.21 Å². The van der Waals surface area contributed by atoms with Gasteiger partial charge in [0.25, 0.3) is 5.91 Å². The fourth-order valence-electron chi connectivity index (χ4n) is 1.28. The summed E-state index contributed by atoms with van der Waals surface area (Å²) in [7, 11) is 0. The van der Waals surface area contributed by atoms with Crippen molar-refractivity contribution in [1.82, 2.24) is 5.32 Å². The lowest BCUT2D eigenvalue weighted by atomic mass is 10.3. The third kappa shape index (κ3) is 2.96. The molecule has 2 heterocycles. The van der Waals surface area contributed by atoms with Crippen LogP contribution in [0.15, 0.2) is 38.7 Å². The molecule has 84 valence electrons. The average molecular weight is 300 g/mol.